The van der Waals surface area contributed by atoms with Gasteiger partial charge in [0.2, 0.25) is 5.91 Å². The van der Waals surface area contributed by atoms with Crippen LogP contribution in [0.15, 0.2) is 24.3 Å². The van der Waals surface area contributed by atoms with E-state index in [2.05, 4.69) is 15.6 Å². The first-order valence-corrected chi connectivity index (χ1v) is 8.48. The number of nitrogens with one attached hydrogen (secondary N) is 2. The maximum absolute atomic E-state index is 11.8. The molecule has 24 heavy (non-hydrogen) atoms. The van der Waals surface area contributed by atoms with Gasteiger partial charge in [0.15, 0.2) is 5.13 Å². The Hall–Kier alpha value is -1.18. The van der Waals surface area contributed by atoms with Crippen molar-refractivity contribution in [3.63, 3.8) is 0 Å². The number of rotatable bonds is 8. The van der Waals surface area contributed by atoms with E-state index in [1.54, 1.807) is 7.11 Å². The Bertz CT molecular complexity index is 665. The van der Waals surface area contributed by atoms with Crippen LogP contribution in [-0.2, 0) is 16.0 Å². The standard InChI is InChI=1S/C16H20ClN3O2S.ClH/c1-11-14(9-12-4-3-5-13(17)8-12)23-16(19-11)20-15(21)10-18-6-7-22-2;/h3-5,8,18H,6-7,9-10H2,1-2H3,(H,19,20,21);1H. The molecular weight excluding hydrogens is 369 g/mol. The van der Waals surface area contributed by atoms with Crippen LogP contribution in [0.5, 0.6) is 0 Å². The summed E-state index contributed by atoms with van der Waals surface area (Å²) in [7, 11) is 1.63. The molecule has 5 nitrogen and oxygen atoms in total. The van der Waals surface area contributed by atoms with Crippen LogP contribution in [0.2, 0.25) is 5.02 Å². The average Bonchev–Trinajstić information content (AvgIpc) is 2.83. The zero-order chi connectivity index (χ0) is 16.7. The normalized spacial score (nSPS) is 10.3. The van der Waals surface area contributed by atoms with Gasteiger partial charge in [0.1, 0.15) is 0 Å². The van der Waals surface area contributed by atoms with E-state index < -0.39 is 0 Å². The minimum absolute atomic E-state index is 0. The van der Waals surface area contributed by atoms with E-state index in [0.29, 0.717) is 18.3 Å². The van der Waals surface area contributed by atoms with E-state index in [0.717, 1.165) is 27.6 Å². The van der Waals surface area contributed by atoms with Crippen molar-refractivity contribution in [2.75, 3.05) is 32.1 Å². The van der Waals surface area contributed by atoms with E-state index in [4.69, 9.17) is 16.3 Å². The summed E-state index contributed by atoms with van der Waals surface area (Å²) in [6.07, 6.45) is 0.756. The largest absolute Gasteiger partial charge is 0.383 e. The molecule has 0 radical (unpaired) electrons. The second-order valence-corrected chi connectivity index (χ2v) is 6.57. The van der Waals surface area contributed by atoms with Crippen molar-refractivity contribution < 1.29 is 9.53 Å². The Morgan fingerprint density at radius 3 is 2.92 bits per heavy atom. The molecule has 2 aromatic rings. The van der Waals surface area contributed by atoms with Gasteiger partial charge in [0, 0.05) is 30.0 Å². The monoisotopic (exact) mass is 389 g/mol. The van der Waals surface area contributed by atoms with Gasteiger partial charge in [0.05, 0.1) is 18.8 Å². The van der Waals surface area contributed by atoms with Gasteiger partial charge in [-0.15, -0.1) is 23.7 Å². The third kappa shape index (κ3) is 6.75. The number of ether oxygens (including phenoxy) is 1. The molecule has 2 N–H and O–H groups in total. The summed E-state index contributed by atoms with van der Waals surface area (Å²) in [6.45, 7) is 3.41. The molecule has 0 aliphatic heterocycles. The van der Waals surface area contributed by atoms with Gasteiger partial charge in [0.25, 0.3) is 0 Å². The molecule has 0 fully saturated rings. The minimum atomic E-state index is -0.107. The Balaban J connectivity index is 0.00000288. The molecule has 0 bridgehead atoms. The number of benzene rings is 1. The number of amides is 1. The van der Waals surface area contributed by atoms with Crippen LogP contribution in [0.4, 0.5) is 5.13 Å². The Kier molecular flexibility index (Phi) is 9.25. The summed E-state index contributed by atoms with van der Waals surface area (Å²) < 4.78 is 4.91. The number of hydrogen-bond acceptors (Lipinski definition) is 5. The van der Waals surface area contributed by atoms with Gasteiger partial charge in [-0.3, -0.25) is 4.79 Å². The topological polar surface area (TPSA) is 63.2 Å². The number of aromatic nitrogens is 1. The number of hydrogen-bond donors (Lipinski definition) is 2. The number of aryl methyl sites for hydroxylation is 1. The quantitative estimate of drug-likeness (QED) is 0.679. The molecule has 1 heterocycles. The van der Waals surface area contributed by atoms with Gasteiger partial charge in [-0.05, 0) is 24.6 Å². The number of methoxy groups -OCH3 is 1. The lowest BCUT2D eigenvalue weighted by molar-refractivity contribution is -0.115. The number of nitrogens with zero attached hydrogens (tertiary/aromatic N) is 1. The molecule has 0 unspecified atom stereocenters. The van der Waals surface area contributed by atoms with E-state index in [-0.39, 0.29) is 24.9 Å². The molecule has 8 heteroatoms. The SMILES string of the molecule is COCCNCC(=O)Nc1nc(C)c(Cc2cccc(Cl)c2)s1.Cl. The van der Waals surface area contributed by atoms with Crippen molar-refractivity contribution >= 4 is 46.4 Å². The Morgan fingerprint density at radius 2 is 2.21 bits per heavy atom. The smallest absolute Gasteiger partial charge is 0.240 e. The van der Waals surface area contributed by atoms with Crippen molar-refractivity contribution in [3.05, 3.63) is 45.4 Å². The molecule has 132 valence electrons. The molecule has 0 aliphatic carbocycles. The number of anilines is 1. The second kappa shape index (κ2) is 10.6. The van der Waals surface area contributed by atoms with Crippen molar-refractivity contribution in [3.8, 4) is 0 Å². The van der Waals surface area contributed by atoms with Crippen LogP contribution < -0.4 is 10.6 Å². The van der Waals surface area contributed by atoms with Crippen LogP contribution in [0.25, 0.3) is 0 Å². The summed E-state index contributed by atoms with van der Waals surface area (Å²) >= 11 is 7.50. The number of carbonyl (C=O) groups is 1. The zero-order valence-corrected chi connectivity index (χ0v) is 16.0. The second-order valence-electron chi connectivity index (χ2n) is 5.05. The van der Waals surface area contributed by atoms with Crippen LogP contribution in [0.1, 0.15) is 16.1 Å². The number of carbonyl (C=O) groups excluding carboxylic acids is 1. The highest BCUT2D eigenvalue weighted by Gasteiger charge is 2.11. The number of thiazole rings is 1. The van der Waals surface area contributed by atoms with Gasteiger partial charge in [-0.25, -0.2) is 4.98 Å². The van der Waals surface area contributed by atoms with E-state index >= 15 is 0 Å². The predicted octanol–water partition coefficient (Wildman–Crippen LogP) is 3.29. The highest BCUT2D eigenvalue weighted by atomic mass is 35.5. The van der Waals surface area contributed by atoms with Crippen LogP contribution in [0, 0.1) is 6.92 Å². The van der Waals surface area contributed by atoms with Gasteiger partial charge in [-0.2, -0.15) is 0 Å². The van der Waals surface area contributed by atoms with Gasteiger partial charge in [-0.1, -0.05) is 23.7 Å². The third-order valence-electron chi connectivity index (χ3n) is 3.16. The van der Waals surface area contributed by atoms with Crippen molar-refractivity contribution in [2.45, 2.75) is 13.3 Å². The molecule has 1 amide bonds. The fourth-order valence-corrected chi connectivity index (χ4v) is 3.24. The Morgan fingerprint density at radius 1 is 1.42 bits per heavy atom. The summed E-state index contributed by atoms with van der Waals surface area (Å²) in [4.78, 5) is 17.4. The fourth-order valence-electron chi connectivity index (χ4n) is 2.02. The third-order valence-corrected chi connectivity index (χ3v) is 4.47. The van der Waals surface area contributed by atoms with Crippen molar-refractivity contribution in [1.82, 2.24) is 10.3 Å². The van der Waals surface area contributed by atoms with Crippen LogP contribution in [-0.4, -0.2) is 37.7 Å². The first-order chi connectivity index (χ1) is 11.1. The molecule has 1 aromatic heterocycles. The predicted molar refractivity (Wildman–Crippen MR) is 102 cm³/mol. The van der Waals surface area contributed by atoms with Crippen LogP contribution >= 0.6 is 35.3 Å². The Labute approximate surface area is 157 Å². The van der Waals surface area contributed by atoms with Crippen molar-refractivity contribution in [2.24, 2.45) is 0 Å². The van der Waals surface area contributed by atoms with E-state index in [9.17, 15) is 4.79 Å². The number of halogens is 2. The lowest BCUT2D eigenvalue weighted by Crippen LogP contribution is -2.30. The van der Waals surface area contributed by atoms with E-state index in [1.807, 2.05) is 31.2 Å². The average molecular weight is 390 g/mol. The van der Waals surface area contributed by atoms with Crippen LogP contribution in [0.3, 0.4) is 0 Å². The molecule has 0 spiro atoms. The first kappa shape index (κ1) is 20.9. The fraction of sp³-hybridized carbons (Fsp3) is 0.375. The summed E-state index contributed by atoms with van der Waals surface area (Å²) in [5.74, 6) is -0.107. The maximum Gasteiger partial charge on any atom is 0.240 e. The zero-order valence-electron chi connectivity index (χ0n) is 13.6. The van der Waals surface area contributed by atoms with Crippen molar-refractivity contribution in [1.29, 1.82) is 0 Å². The molecule has 1 aromatic carbocycles. The molecule has 0 saturated heterocycles. The molecule has 0 saturated carbocycles. The lowest BCUT2D eigenvalue weighted by Gasteiger charge is -2.03. The molecule has 2 rings (SSSR count). The minimum Gasteiger partial charge on any atom is -0.383 e. The van der Waals surface area contributed by atoms with E-state index in [1.165, 1.54) is 11.3 Å². The molecular formula is C16H21Cl2N3O2S. The summed E-state index contributed by atoms with van der Waals surface area (Å²) in [5, 5.41) is 7.16. The molecule has 0 aliphatic rings. The summed E-state index contributed by atoms with van der Waals surface area (Å²) in [5.41, 5.74) is 2.06. The van der Waals surface area contributed by atoms with Gasteiger partial charge < -0.3 is 15.4 Å². The highest BCUT2D eigenvalue weighted by Crippen LogP contribution is 2.25. The lowest BCUT2D eigenvalue weighted by atomic mass is 10.1. The molecule has 0 atom stereocenters. The first-order valence-electron chi connectivity index (χ1n) is 7.28. The van der Waals surface area contributed by atoms with Gasteiger partial charge >= 0.3 is 0 Å². The summed E-state index contributed by atoms with van der Waals surface area (Å²) in [6, 6.07) is 7.76. The maximum atomic E-state index is 11.8. The highest BCUT2D eigenvalue weighted by molar-refractivity contribution is 7.15.